The maximum absolute atomic E-state index is 12.1. The van der Waals surface area contributed by atoms with Gasteiger partial charge in [0.1, 0.15) is 0 Å². The van der Waals surface area contributed by atoms with E-state index in [1.165, 1.54) is 24.5 Å². The first-order valence-corrected chi connectivity index (χ1v) is 6.01. The number of imide groups is 1. The van der Waals surface area contributed by atoms with Gasteiger partial charge in [-0.25, -0.2) is 0 Å². The Balaban J connectivity index is 1.90. The molecular weight excluding hydrogens is 294 g/mol. The van der Waals surface area contributed by atoms with Gasteiger partial charge in [0.05, 0.1) is 22.3 Å². The van der Waals surface area contributed by atoms with E-state index in [1.807, 2.05) is 0 Å². The topological polar surface area (TPSA) is 123 Å². The van der Waals surface area contributed by atoms with Crippen LogP contribution in [-0.4, -0.2) is 27.7 Å². The van der Waals surface area contributed by atoms with Crippen LogP contribution in [0.3, 0.4) is 0 Å². The smallest absolute Gasteiger partial charge is 0.305 e. The maximum atomic E-state index is 12.1. The normalized spacial score (nSPS) is 13.2. The molecule has 2 heterocycles. The third kappa shape index (κ3) is 2.00. The Labute approximate surface area is 122 Å². The lowest BCUT2D eigenvalue weighted by molar-refractivity contribution is -0.384. The van der Waals surface area contributed by atoms with E-state index < -0.39 is 22.6 Å². The Morgan fingerprint density at radius 2 is 1.91 bits per heavy atom. The number of carbonyl (C=O) groups excluding carboxylic acids is 3. The van der Waals surface area contributed by atoms with Gasteiger partial charge in [-0.1, -0.05) is 0 Å². The number of benzene rings is 1. The number of carbonyl (C=O) groups is 3. The minimum absolute atomic E-state index is 0.0182. The number of nitrogens with one attached hydrogen (secondary N) is 1. The Morgan fingerprint density at radius 3 is 2.55 bits per heavy atom. The van der Waals surface area contributed by atoms with Crippen LogP contribution in [0.4, 0.5) is 5.69 Å². The summed E-state index contributed by atoms with van der Waals surface area (Å²) in [4.78, 5) is 46.1. The molecule has 0 fully saturated rings. The van der Waals surface area contributed by atoms with Gasteiger partial charge in [0.2, 0.25) is 0 Å². The zero-order valence-electron chi connectivity index (χ0n) is 10.8. The van der Waals surface area contributed by atoms with Crippen molar-refractivity contribution in [2.45, 2.75) is 0 Å². The summed E-state index contributed by atoms with van der Waals surface area (Å²) in [6.07, 6.45) is 1.26. The molecule has 3 rings (SSSR count). The summed E-state index contributed by atoms with van der Waals surface area (Å²) in [7, 11) is 0. The van der Waals surface area contributed by atoms with Crippen molar-refractivity contribution in [3.63, 3.8) is 0 Å². The van der Waals surface area contributed by atoms with Gasteiger partial charge in [-0.05, 0) is 18.2 Å². The summed E-state index contributed by atoms with van der Waals surface area (Å²) >= 11 is 0. The number of furan rings is 1. The van der Waals surface area contributed by atoms with E-state index >= 15 is 0 Å². The Kier molecular flexibility index (Phi) is 2.95. The molecule has 9 nitrogen and oxygen atoms in total. The molecule has 0 spiro atoms. The van der Waals surface area contributed by atoms with Crippen LogP contribution >= 0.6 is 0 Å². The van der Waals surface area contributed by atoms with Gasteiger partial charge < -0.3 is 4.42 Å². The van der Waals surface area contributed by atoms with Crippen molar-refractivity contribution in [1.82, 2.24) is 10.4 Å². The van der Waals surface area contributed by atoms with Crippen molar-refractivity contribution < 1.29 is 23.7 Å². The van der Waals surface area contributed by atoms with Crippen LogP contribution in [-0.2, 0) is 0 Å². The van der Waals surface area contributed by atoms with E-state index in [2.05, 4.69) is 5.43 Å². The zero-order chi connectivity index (χ0) is 15.9. The van der Waals surface area contributed by atoms with Gasteiger partial charge >= 0.3 is 5.91 Å². The number of hydrogen-bond acceptors (Lipinski definition) is 6. The lowest BCUT2D eigenvalue weighted by Gasteiger charge is -2.13. The number of nitro benzene ring substituents is 1. The van der Waals surface area contributed by atoms with E-state index in [1.54, 1.807) is 0 Å². The fourth-order valence-corrected chi connectivity index (χ4v) is 2.01. The first-order valence-electron chi connectivity index (χ1n) is 6.01. The Bertz CT molecular complexity index is 811. The molecule has 0 radical (unpaired) electrons. The number of non-ortho nitro benzene ring substituents is 1. The molecule has 1 aromatic carbocycles. The molecule has 0 saturated heterocycles. The van der Waals surface area contributed by atoms with E-state index in [9.17, 15) is 24.5 Å². The van der Waals surface area contributed by atoms with Crippen molar-refractivity contribution in [3.8, 4) is 0 Å². The van der Waals surface area contributed by atoms with Crippen molar-refractivity contribution in [2.75, 3.05) is 0 Å². The minimum Gasteiger partial charge on any atom is -0.459 e. The lowest BCUT2D eigenvalue weighted by atomic mass is 10.1. The molecule has 2 aromatic rings. The molecule has 1 aromatic heterocycles. The molecule has 110 valence electrons. The molecule has 1 aliphatic rings. The fraction of sp³-hybridized carbons (Fsp3) is 0. The van der Waals surface area contributed by atoms with Crippen molar-refractivity contribution in [3.05, 3.63) is 63.6 Å². The molecule has 0 unspecified atom stereocenters. The first-order chi connectivity index (χ1) is 10.5. The van der Waals surface area contributed by atoms with Crippen LogP contribution in [0, 0.1) is 10.1 Å². The summed E-state index contributed by atoms with van der Waals surface area (Å²) in [5.41, 5.74) is 1.63. The molecule has 0 saturated carbocycles. The van der Waals surface area contributed by atoms with Crippen LogP contribution in [0.1, 0.15) is 31.3 Å². The molecule has 0 bridgehead atoms. The lowest BCUT2D eigenvalue weighted by Crippen LogP contribution is -2.45. The van der Waals surface area contributed by atoms with Crippen LogP contribution in [0.15, 0.2) is 41.0 Å². The van der Waals surface area contributed by atoms with E-state index in [4.69, 9.17) is 4.42 Å². The molecule has 0 atom stereocenters. The van der Waals surface area contributed by atoms with E-state index in [-0.39, 0.29) is 22.6 Å². The minimum atomic E-state index is -0.844. The summed E-state index contributed by atoms with van der Waals surface area (Å²) < 4.78 is 4.85. The molecule has 9 heteroatoms. The third-order valence-corrected chi connectivity index (χ3v) is 3.04. The quantitative estimate of drug-likeness (QED) is 0.515. The summed E-state index contributed by atoms with van der Waals surface area (Å²) in [6.45, 7) is 0. The molecular formula is C13H7N3O6. The number of hydrazine groups is 1. The number of nitro groups is 1. The molecule has 0 aliphatic carbocycles. The third-order valence-electron chi connectivity index (χ3n) is 3.04. The summed E-state index contributed by atoms with van der Waals surface area (Å²) in [6, 6.07) is 6.11. The Morgan fingerprint density at radius 1 is 1.18 bits per heavy atom. The maximum Gasteiger partial charge on any atom is 0.305 e. The second-order valence-corrected chi connectivity index (χ2v) is 4.35. The average Bonchev–Trinajstić information content (AvgIpc) is 3.11. The molecule has 3 amide bonds. The van der Waals surface area contributed by atoms with Gasteiger partial charge in [0.25, 0.3) is 17.5 Å². The van der Waals surface area contributed by atoms with Crippen molar-refractivity contribution >= 4 is 23.4 Å². The number of fused-ring (bicyclic) bond motifs is 1. The highest BCUT2D eigenvalue weighted by atomic mass is 16.6. The standard InChI is InChI=1S/C13H7N3O6/c17-11(10-2-1-5-22-10)14-15-12(18)8-4-3-7(16(20)21)6-9(8)13(15)19/h1-6H,(H,14,17). The first kappa shape index (κ1) is 13.5. The van der Waals surface area contributed by atoms with Crippen LogP contribution in [0.25, 0.3) is 0 Å². The summed E-state index contributed by atoms with van der Waals surface area (Å²) in [5, 5.41) is 11.2. The monoisotopic (exact) mass is 301 g/mol. The number of rotatable bonds is 3. The van der Waals surface area contributed by atoms with Crippen LogP contribution < -0.4 is 5.43 Å². The van der Waals surface area contributed by atoms with Gasteiger partial charge in [0.15, 0.2) is 5.76 Å². The molecule has 22 heavy (non-hydrogen) atoms. The second-order valence-electron chi connectivity index (χ2n) is 4.35. The fourth-order valence-electron chi connectivity index (χ4n) is 2.01. The highest BCUT2D eigenvalue weighted by Crippen LogP contribution is 2.25. The van der Waals surface area contributed by atoms with Gasteiger partial charge in [0, 0.05) is 12.1 Å². The van der Waals surface area contributed by atoms with E-state index in [0.29, 0.717) is 5.01 Å². The second kappa shape index (κ2) is 4.81. The van der Waals surface area contributed by atoms with Gasteiger partial charge in [-0.2, -0.15) is 5.01 Å². The Hall–Kier alpha value is -3.49. The number of amides is 3. The zero-order valence-corrected chi connectivity index (χ0v) is 10.8. The average molecular weight is 301 g/mol. The van der Waals surface area contributed by atoms with Crippen LogP contribution in [0.5, 0.6) is 0 Å². The number of nitrogens with zero attached hydrogens (tertiary/aromatic N) is 2. The highest BCUT2D eigenvalue weighted by molar-refractivity contribution is 6.22. The van der Waals surface area contributed by atoms with Gasteiger partial charge in [-0.15, -0.1) is 0 Å². The predicted octanol–water partition coefficient (Wildman–Crippen LogP) is 1.13. The van der Waals surface area contributed by atoms with Gasteiger partial charge in [-0.3, -0.25) is 29.9 Å². The molecule has 1 aliphatic heterocycles. The van der Waals surface area contributed by atoms with E-state index in [0.717, 1.165) is 12.1 Å². The predicted molar refractivity (Wildman–Crippen MR) is 69.8 cm³/mol. The summed E-state index contributed by atoms with van der Waals surface area (Å²) in [5.74, 6) is -2.48. The highest BCUT2D eigenvalue weighted by Gasteiger charge is 2.38. The largest absolute Gasteiger partial charge is 0.459 e. The van der Waals surface area contributed by atoms with Crippen molar-refractivity contribution in [2.24, 2.45) is 0 Å². The van der Waals surface area contributed by atoms with Crippen LogP contribution in [0.2, 0.25) is 0 Å². The SMILES string of the molecule is O=C(NN1C(=O)c2ccc([N+](=O)[O-])cc2C1=O)c1ccco1. The molecule has 1 N–H and O–H groups in total. The van der Waals surface area contributed by atoms with Crippen molar-refractivity contribution in [1.29, 1.82) is 0 Å². The number of hydrogen-bond donors (Lipinski definition) is 1.